The molecule has 0 aliphatic rings. The molecule has 2 amide bonds. The first-order chi connectivity index (χ1) is 9.15. The van der Waals surface area contributed by atoms with Gasteiger partial charge in [0.1, 0.15) is 0 Å². The molecule has 0 unspecified atom stereocenters. The summed E-state index contributed by atoms with van der Waals surface area (Å²) in [5, 5.41) is 9.87. The minimum Gasteiger partial charge on any atom is -0.334 e. The summed E-state index contributed by atoms with van der Waals surface area (Å²) < 4.78 is 1.74. The van der Waals surface area contributed by atoms with Crippen LogP contribution in [-0.4, -0.2) is 15.8 Å². The molecule has 1 heterocycles. The largest absolute Gasteiger partial charge is 0.334 e. The molecule has 2 rings (SSSR count). The zero-order valence-corrected chi connectivity index (χ0v) is 11.2. The fourth-order valence-corrected chi connectivity index (χ4v) is 1.84. The van der Waals surface area contributed by atoms with Crippen molar-refractivity contribution < 1.29 is 4.79 Å². The van der Waals surface area contributed by atoms with E-state index in [1.807, 2.05) is 50.5 Å². The molecule has 2 aromatic rings. The number of nitrogens with one attached hydrogen (secondary N) is 2. The summed E-state index contributed by atoms with van der Waals surface area (Å²) in [7, 11) is 1.87. The minimum atomic E-state index is -0.174. The Hall–Kier alpha value is -2.30. The number of nitrogens with zero attached hydrogens (tertiary/aromatic N) is 2. The monoisotopic (exact) mass is 258 g/mol. The number of urea groups is 1. The maximum Gasteiger partial charge on any atom is 0.315 e. The lowest BCUT2D eigenvalue weighted by molar-refractivity contribution is 0.240. The third-order valence-corrected chi connectivity index (χ3v) is 2.85. The van der Waals surface area contributed by atoms with Crippen LogP contribution in [0.1, 0.15) is 16.8 Å². The van der Waals surface area contributed by atoms with Crippen LogP contribution in [0.4, 0.5) is 4.79 Å². The molecule has 19 heavy (non-hydrogen) atoms. The number of hydrogen-bond donors (Lipinski definition) is 2. The first-order valence-electron chi connectivity index (χ1n) is 6.20. The molecule has 0 saturated heterocycles. The van der Waals surface area contributed by atoms with Crippen LogP contribution in [0.2, 0.25) is 0 Å². The van der Waals surface area contributed by atoms with E-state index < -0.39 is 0 Å². The van der Waals surface area contributed by atoms with Gasteiger partial charge in [0.15, 0.2) is 0 Å². The van der Waals surface area contributed by atoms with Crippen LogP contribution in [0.5, 0.6) is 0 Å². The van der Waals surface area contributed by atoms with Crippen molar-refractivity contribution >= 4 is 6.03 Å². The summed E-state index contributed by atoms with van der Waals surface area (Å²) in [6.07, 6.45) is 1.91. The molecule has 0 aliphatic carbocycles. The Balaban J connectivity index is 1.77. The normalized spacial score (nSPS) is 10.2. The van der Waals surface area contributed by atoms with Gasteiger partial charge in [-0.25, -0.2) is 4.79 Å². The summed E-state index contributed by atoms with van der Waals surface area (Å²) in [5.41, 5.74) is 3.04. The summed E-state index contributed by atoms with van der Waals surface area (Å²) in [6, 6.07) is 9.64. The van der Waals surface area contributed by atoms with Gasteiger partial charge in [-0.3, -0.25) is 4.68 Å². The van der Waals surface area contributed by atoms with Gasteiger partial charge in [-0.2, -0.15) is 5.10 Å². The Morgan fingerprint density at radius 3 is 2.53 bits per heavy atom. The molecule has 0 saturated carbocycles. The Labute approximate surface area is 112 Å². The molecule has 2 N–H and O–H groups in total. The average Bonchev–Trinajstić information content (AvgIpc) is 2.73. The quantitative estimate of drug-likeness (QED) is 0.877. The molecule has 0 bridgehead atoms. The maximum absolute atomic E-state index is 11.7. The van der Waals surface area contributed by atoms with E-state index in [0.29, 0.717) is 13.1 Å². The second kappa shape index (κ2) is 6.04. The van der Waals surface area contributed by atoms with Crippen molar-refractivity contribution in [2.45, 2.75) is 20.0 Å². The van der Waals surface area contributed by atoms with Gasteiger partial charge in [0, 0.05) is 31.9 Å². The number of hydrogen-bond acceptors (Lipinski definition) is 2. The zero-order valence-electron chi connectivity index (χ0n) is 11.2. The number of amides is 2. The number of carbonyl (C=O) groups excluding carboxylic acids is 1. The van der Waals surface area contributed by atoms with Gasteiger partial charge in [-0.15, -0.1) is 0 Å². The molecule has 0 spiro atoms. The minimum absolute atomic E-state index is 0.174. The molecule has 5 heteroatoms. The lowest BCUT2D eigenvalue weighted by Gasteiger charge is -2.07. The van der Waals surface area contributed by atoms with Crippen molar-refractivity contribution in [2.24, 2.45) is 7.05 Å². The highest BCUT2D eigenvalue weighted by Crippen LogP contribution is 2.03. The maximum atomic E-state index is 11.7. The molecule has 1 aromatic heterocycles. The highest BCUT2D eigenvalue weighted by Gasteiger charge is 2.05. The third-order valence-electron chi connectivity index (χ3n) is 2.85. The van der Waals surface area contributed by atoms with Crippen molar-refractivity contribution in [3.63, 3.8) is 0 Å². The fourth-order valence-electron chi connectivity index (χ4n) is 1.84. The van der Waals surface area contributed by atoms with Gasteiger partial charge in [0.05, 0.1) is 5.69 Å². The second-order valence-electron chi connectivity index (χ2n) is 4.44. The lowest BCUT2D eigenvalue weighted by atomic mass is 10.2. The van der Waals surface area contributed by atoms with Crippen molar-refractivity contribution in [3.8, 4) is 0 Å². The molecule has 0 fully saturated rings. The number of aromatic nitrogens is 2. The van der Waals surface area contributed by atoms with Crippen LogP contribution in [-0.2, 0) is 20.1 Å². The molecule has 1 aromatic carbocycles. The number of benzene rings is 1. The van der Waals surface area contributed by atoms with Crippen LogP contribution < -0.4 is 10.6 Å². The molecule has 0 atom stereocenters. The number of aryl methyl sites for hydroxylation is 2. The van der Waals surface area contributed by atoms with Crippen molar-refractivity contribution in [2.75, 3.05) is 0 Å². The lowest BCUT2D eigenvalue weighted by Crippen LogP contribution is -2.34. The summed E-state index contributed by atoms with van der Waals surface area (Å²) in [4.78, 5) is 11.7. The van der Waals surface area contributed by atoms with Crippen molar-refractivity contribution in [3.05, 3.63) is 53.3 Å². The van der Waals surface area contributed by atoms with Gasteiger partial charge < -0.3 is 10.6 Å². The van der Waals surface area contributed by atoms with E-state index in [1.54, 1.807) is 4.68 Å². The smallest absolute Gasteiger partial charge is 0.315 e. The zero-order chi connectivity index (χ0) is 13.7. The molecular weight excluding hydrogens is 240 g/mol. The van der Waals surface area contributed by atoms with E-state index >= 15 is 0 Å². The highest BCUT2D eigenvalue weighted by atomic mass is 16.2. The Morgan fingerprint density at radius 2 is 1.89 bits per heavy atom. The van der Waals surface area contributed by atoms with Gasteiger partial charge >= 0.3 is 6.03 Å². The highest BCUT2D eigenvalue weighted by molar-refractivity contribution is 5.73. The van der Waals surface area contributed by atoms with Crippen LogP contribution in [0.25, 0.3) is 0 Å². The molecule has 0 aliphatic heterocycles. The first kappa shape index (κ1) is 13.1. The standard InChI is InChI=1S/C14H18N4O/c1-11-13(10-18(2)17-11)9-16-14(19)15-8-12-6-4-3-5-7-12/h3-7,10H,8-9H2,1-2H3,(H2,15,16,19). The van der Waals surface area contributed by atoms with Crippen LogP contribution in [0.3, 0.4) is 0 Å². The van der Waals surface area contributed by atoms with E-state index in [0.717, 1.165) is 16.8 Å². The van der Waals surface area contributed by atoms with Crippen molar-refractivity contribution in [1.82, 2.24) is 20.4 Å². The predicted molar refractivity (Wildman–Crippen MR) is 73.5 cm³/mol. The Kier molecular flexibility index (Phi) is 4.18. The van der Waals surface area contributed by atoms with Gasteiger partial charge in [0.2, 0.25) is 0 Å². The molecule has 0 radical (unpaired) electrons. The van der Waals surface area contributed by atoms with E-state index in [9.17, 15) is 4.79 Å². The fraction of sp³-hybridized carbons (Fsp3) is 0.286. The van der Waals surface area contributed by atoms with Crippen LogP contribution in [0.15, 0.2) is 36.5 Å². The Bertz CT molecular complexity index is 548. The first-order valence-corrected chi connectivity index (χ1v) is 6.20. The summed E-state index contributed by atoms with van der Waals surface area (Å²) in [6.45, 7) is 2.94. The summed E-state index contributed by atoms with van der Waals surface area (Å²) >= 11 is 0. The topological polar surface area (TPSA) is 59.0 Å². The SMILES string of the molecule is Cc1nn(C)cc1CNC(=O)NCc1ccccc1. The van der Waals surface area contributed by atoms with E-state index in [2.05, 4.69) is 15.7 Å². The third kappa shape index (κ3) is 3.84. The van der Waals surface area contributed by atoms with Crippen LogP contribution >= 0.6 is 0 Å². The summed E-state index contributed by atoms with van der Waals surface area (Å²) in [5.74, 6) is 0. The Morgan fingerprint density at radius 1 is 1.21 bits per heavy atom. The number of carbonyl (C=O) groups is 1. The second-order valence-corrected chi connectivity index (χ2v) is 4.44. The molecular formula is C14H18N4O. The van der Waals surface area contributed by atoms with E-state index in [4.69, 9.17) is 0 Å². The molecule has 5 nitrogen and oxygen atoms in total. The number of rotatable bonds is 4. The van der Waals surface area contributed by atoms with E-state index in [1.165, 1.54) is 0 Å². The van der Waals surface area contributed by atoms with E-state index in [-0.39, 0.29) is 6.03 Å². The predicted octanol–water partition coefficient (Wildman–Crippen LogP) is 1.73. The van der Waals surface area contributed by atoms with Gasteiger partial charge in [-0.1, -0.05) is 30.3 Å². The average molecular weight is 258 g/mol. The van der Waals surface area contributed by atoms with Gasteiger partial charge in [0.25, 0.3) is 0 Å². The van der Waals surface area contributed by atoms with Crippen molar-refractivity contribution in [1.29, 1.82) is 0 Å². The van der Waals surface area contributed by atoms with Gasteiger partial charge in [-0.05, 0) is 12.5 Å². The molecule has 100 valence electrons. The van der Waals surface area contributed by atoms with Crippen LogP contribution in [0, 0.1) is 6.92 Å².